The number of pyridine rings is 1. The fourth-order valence-electron chi connectivity index (χ4n) is 2.28. The maximum atomic E-state index is 12.3. The molecule has 4 nitrogen and oxygen atoms in total. The Hall–Kier alpha value is -2.36. The maximum absolute atomic E-state index is 12.3. The predicted octanol–water partition coefficient (Wildman–Crippen LogP) is 3.14. The third-order valence-corrected chi connectivity index (χ3v) is 3.49. The van der Waals surface area contributed by atoms with Crippen LogP contribution >= 0.6 is 0 Å². The lowest BCUT2D eigenvalue weighted by atomic mass is 10.0. The quantitative estimate of drug-likeness (QED) is 0.792. The molecule has 0 amide bonds. The van der Waals surface area contributed by atoms with E-state index in [1.54, 1.807) is 44.7 Å². The molecule has 0 radical (unpaired) electrons. The summed E-state index contributed by atoms with van der Waals surface area (Å²) < 4.78 is 10.5. The van der Waals surface area contributed by atoms with Crippen molar-refractivity contribution < 1.29 is 14.3 Å². The van der Waals surface area contributed by atoms with Gasteiger partial charge in [-0.25, -0.2) is 0 Å². The molecular formula is C17H19NO3. The molecule has 21 heavy (non-hydrogen) atoms. The van der Waals surface area contributed by atoms with Gasteiger partial charge in [-0.05, 0) is 38.1 Å². The Kier molecular flexibility index (Phi) is 4.58. The van der Waals surface area contributed by atoms with Gasteiger partial charge in [0.1, 0.15) is 11.5 Å². The molecule has 2 aromatic rings. The predicted molar refractivity (Wildman–Crippen MR) is 81.3 cm³/mol. The number of nitrogens with zero attached hydrogens (tertiary/aromatic N) is 1. The summed E-state index contributed by atoms with van der Waals surface area (Å²) in [5.74, 6) is 1.56. The zero-order valence-corrected chi connectivity index (χ0v) is 12.8. The number of hydrogen-bond donors (Lipinski definition) is 0. The number of aryl methyl sites for hydroxylation is 1. The van der Waals surface area contributed by atoms with E-state index in [2.05, 4.69) is 4.98 Å². The van der Waals surface area contributed by atoms with E-state index in [1.807, 2.05) is 13.8 Å². The second kappa shape index (κ2) is 6.39. The van der Waals surface area contributed by atoms with Crippen molar-refractivity contribution in [1.82, 2.24) is 4.98 Å². The van der Waals surface area contributed by atoms with E-state index in [1.165, 1.54) is 0 Å². The number of ether oxygens (including phenoxy) is 2. The van der Waals surface area contributed by atoms with Gasteiger partial charge in [0, 0.05) is 22.9 Å². The molecular weight excluding hydrogens is 266 g/mol. The average molecular weight is 285 g/mol. The highest BCUT2D eigenvalue weighted by molar-refractivity contribution is 5.97. The standard InChI is InChI=1S/C17H19NO3/c1-11-10-18-15(12(2)17(11)21-4)9-16(19)13-5-7-14(20-3)8-6-13/h5-8,10H,9H2,1-4H3. The molecule has 0 aliphatic carbocycles. The van der Waals surface area contributed by atoms with Crippen LogP contribution in [-0.4, -0.2) is 25.0 Å². The van der Waals surface area contributed by atoms with Crippen molar-refractivity contribution in [3.05, 3.63) is 52.8 Å². The Morgan fingerprint density at radius 1 is 1.10 bits per heavy atom. The zero-order chi connectivity index (χ0) is 15.4. The van der Waals surface area contributed by atoms with Crippen LogP contribution in [0.25, 0.3) is 0 Å². The molecule has 0 fully saturated rings. The maximum Gasteiger partial charge on any atom is 0.168 e. The summed E-state index contributed by atoms with van der Waals surface area (Å²) in [5.41, 5.74) is 3.28. The molecule has 1 aromatic carbocycles. The molecule has 0 aliphatic rings. The fourth-order valence-corrected chi connectivity index (χ4v) is 2.28. The lowest BCUT2D eigenvalue weighted by molar-refractivity contribution is 0.0991. The van der Waals surface area contributed by atoms with Crippen LogP contribution in [0.15, 0.2) is 30.5 Å². The molecule has 0 bridgehead atoms. The van der Waals surface area contributed by atoms with Crippen molar-refractivity contribution >= 4 is 5.78 Å². The minimum atomic E-state index is 0.0270. The summed E-state index contributed by atoms with van der Waals surface area (Å²) in [7, 11) is 3.23. The molecule has 0 atom stereocenters. The largest absolute Gasteiger partial charge is 0.497 e. The first-order valence-corrected chi connectivity index (χ1v) is 6.73. The first-order valence-electron chi connectivity index (χ1n) is 6.73. The molecule has 0 aliphatic heterocycles. The number of carbonyl (C=O) groups is 1. The number of rotatable bonds is 5. The molecule has 0 saturated heterocycles. The van der Waals surface area contributed by atoms with Crippen molar-refractivity contribution in [2.24, 2.45) is 0 Å². The Morgan fingerprint density at radius 2 is 1.76 bits per heavy atom. The van der Waals surface area contributed by atoms with Crippen molar-refractivity contribution in [3.63, 3.8) is 0 Å². The Bertz CT molecular complexity index is 648. The topological polar surface area (TPSA) is 48.4 Å². The summed E-state index contributed by atoms with van der Waals surface area (Å²) in [5, 5.41) is 0. The van der Waals surface area contributed by atoms with E-state index in [9.17, 15) is 4.79 Å². The van der Waals surface area contributed by atoms with Gasteiger partial charge in [-0.2, -0.15) is 0 Å². The summed E-state index contributed by atoms with van der Waals surface area (Å²) in [6.45, 7) is 3.86. The third-order valence-electron chi connectivity index (χ3n) is 3.49. The third kappa shape index (κ3) is 3.21. The minimum absolute atomic E-state index is 0.0270. The zero-order valence-electron chi connectivity index (χ0n) is 12.8. The highest BCUT2D eigenvalue weighted by Crippen LogP contribution is 2.25. The van der Waals surface area contributed by atoms with Crippen molar-refractivity contribution in [1.29, 1.82) is 0 Å². The van der Waals surface area contributed by atoms with E-state index >= 15 is 0 Å². The molecule has 0 saturated carbocycles. The minimum Gasteiger partial charge on any atom is -0.497 e. The number of aromatic nitrogens is 1. The number of Topliss-reactive ketones (excluding diaryl/α,β-unsaturated/α-hetero) is 1. The molecule has 4 heteroatoms. The number of benzene rings is 1. The van der Waals surface area contributed by atoms with Crippen LogP contribution in [0.5, 0.6) is 11.5 Å². The monoisotopic (exact) mass is 285 g/mol. The van der Waals surface area contributed by atoms with E-state index in [0.717, 1.165) is 28.3 Å². The van der Waals surface area contributed by atoms with Crippen LogP contribution in [0.2, 0.25) is 0 Å². The van der Waals surface area contributed by atoms with Gasteiger partial charge in [0.2, 0.25) is 0 Å². The summed E-state index contributed by atoms with van der Waals surface area (Å²) >= 11 is 0. The highest BCUT2D eigenvalue weighted by Gasteiger charge is 2.14. The normalized spacial score (nSPS) is 10.3. The summed E-state index contributed by atoms with van der Waals surface area (Å²) in [4.78, 5) is 16.7. The number of methoxy groups -OCH3 is 2. The number of carbonyl (C=O) groups excluding carboxylic acids is 1. The number of ketones is 1. The van der Waals surface area contributed by atoms with Gasteiger partial charge < -0.3 is 9.47 Å². The van der Waals surface area contributed by atoms with Crippen LogP contribution in [0.1, 0.15) is 27.2 Å². The van der Waals surface area contributed by atoms with Crippen molar-refractivity contribution in [2.75, 3.05) is 14.2 Å². The fraction of sp³-hybridized carbons (Fsp3) is 0.294. The molecule has 110 valence electrons. The van der Waals surface area contributed by atoms with E-state index in [4.69, 9.17) is 9.47 Å². The van der Waals surface area contributed by atoms with Crippen LogP contribution in [-0.2, 0) is 6.42 Å². The van der Waals surface area contributed by atoms with Gasteiger partial charge in [0.25, 0.3) is 0 Å². The lowest BCUT2D eigenvalue weighted by Gasteiger charge is -2.12. The molecule has 1 aromatic heterocycles. The Morgan fingerprint density at radius 3 is 2.33 bits per heavy atom. The van der Waals surface area contributed by atoms with Crippen LogP contribution in [0, 0.1) is 13.8 Å². The van der Waals surface area contributed by atoms with Gasteiger partial charge in [0.15, 0.2) is 5.78 Å². The second-order valence-electron chi connectivity index (χ2n) is 4.87. The first kappa shape index (κ1) is 15.0. The molecule has 0 N–H and O–H groups in total. The van der Waals surface area contributed by atoms with Crippen LogP contribution in [0.3, 0.4) is 0 Å². The Balaban J connectivity index is 2.23. The first-order chi connectivity index (χ1) is 10.1. The van der Waals surface area contributed by atoms with Crippen molar-refractivity contribution in [2.45, 2.75) is 20.3 Å². The summed E-state index contributed by atoms with van der Waals surface area (Å²) in [6, 6.07) is 7.09. The second-order valence-corrected chi connectivity index (χ2v) is 4.87. The lowest BCUT2D eigenvalue weighted by Crippen LogP contribution is -2.08. The van der Waals surface area contributed by atoms with E-state index in [0.29, 0.717) is 5.56 Å². The molecule has 1 heterocycles. The average Bonchev–Trinajstić information content (AvgIpc) is 2.50. The van der Waals surface area contributed by atoms with E-state index in [-0.39, 0.29) is 12.2 Å². The molecule has 0 unspecified atom stereocenters. The SMILES string of the molecule is COc1ccc(C(=O)Cc2ncc(C)c(OC)c2C)cc1. The van der Waals surface area contributed by atoms with Gasteiger partial charge in [0.05, 0.1) is 26.3 Å². The van der Waals surface area contributed by atoms with Gasteiger partial charge in [-0.3, -0.25) is 9.78 Å². The highest BCUT2D eigenvalue weighted by atomic mass is 16.5. The Labute approximate surface area is 124 Å². The number of hydrogen-bond acceptors (Lipinski definition) is 4. The van der Waals surface area contributed by atoms with Crippen LogP contribution < -0.4 is 9.47 Å². The molecule has 0 spiro atoms. The molecule has 2 rings (SSSR count). The van der Waals surface area contributed by atoms with E-state index < -0.39 is 0 Å². The smallest absolute Gasteiger partial charge is 0.168 e. The van der Waals surface area contributed by atoms with Crippen LogP contribution in [0.4, 0.5) is 0 Å². The van der Waals surface area contributed by atoms with Gasteiger partial charge in [-0.15, -0.1) is 0 Å². The van der Waals surface area contributed by atoms with Gasteiger partial charge in [-0.1, -0.05) is 0 Å². The van der Waals surface area contributed by atoms with Crippen molar-refractivity contribution in [3.8, 4) is 11.5 Å². The van der Waals surface area contributed by atoms with Gasteiger partial charge >= 0.3 is 0 Å². The summed E-state index contributed by atoms with van der Waals surface area (Å²) in [6.07, 6.45) is 2.00.